The first kappa shape index (κ1) is 11.3. The fourth-order valence-electron chi connectivity index (χ4n) is 2.54. The second-order valence-corrected chi connectivity index (χ2v) is 4.66. The molecule has 0 bridgehead atoms. The van der Waals surface area contributed by atoms with Crippen molar-refractivity contribution < 1.29 is 4.74 Å². The van der Waals surface area contributed by atoms with Gasteiger partial charge >= 0.3 is 0 Å². The number of aromatic nitrogens is 2. The Kier molecular flexibility index (Phi) is 2.80. The smallest absolute Gasteiger partial charge is 0.119 e. The van der Waals surface area contributed by atoms with E-state index in [1.54, 1.807) is 7.11 Å². The number of nitrogens with two attached hydrogens (primary N) is 1. The van der Waals surface area contributed by atoms with E-state index >= 15 is 0 Å². The zero-order valence-electron chi connectivity index (χ0n) is 10.5. The van der Waals surface area contributed by atoms with E-state index in [0.29, 0.717) is 0 Å². The molecule has 3 rings (SSSR count). The normalized spacial score (nSPS) is 18.4. The Morgan fingerprint density at radius 1 is 1.33 bits per heavy atom. The maximum Gasteiger partial charge on any atom is 0.119 e. The largest absolute Gasteiger partial charge is 0.497 e. The molecular weight excluding hydrogens is 226 g/mol. The molecule has 18 heavy (non-hydrogen) atoms. The topological polar surface area (TPSA) is 53.1 Å². The van der Waals surface area contributed by atoms with Crippen LogP contribution in [0.4, 0.5) is 0 Å². The van der Waals surface area contributed by atoms with Crippen molar-refractivity contribution in [1.29, 1.82) is 0 Å². The summed E-state index contributed by atoms with van der Waals surface area (Å²) >= 11 is 0. The summed E-state index contributed by atoms with van der Waals surface area (Å²) in [4.78, 5) is 0. The first-order valence-corrected chi connectivity index (χ1v) is 6.26. The van der Waals surface area contributed by atoms with Crippen LogP contribution >= 0.6 is 0 Å². The van der Waals surface area contributed by atoms with Crippen molar-refractivity contribution >= 4 is 0 Å². The van der Waals surface area contributed by atoms with Crippen molar-refractivity contribution in [1.82, 2.24) is 9.78 Å². The van der Waals surface area contributed by atoms with Gasteiger partial charge in [-0.15, -0.1) is 0 Å². The summed E-state index contributed by atoms with van der Waals surface area (Å²) in [5.74, 6) is 0.858. The summed E-state index contributed by atoms with van der Waals surface area (Å²) in [6.07, 6.45) is 5.15. The minimum Gasteiger partial charge on any atom is -0.497 e. The fourth-order valence-corrected chi connectivity index (χ4v) is 2.54. The van der Waals surface area contributed by atoms with Crippen LogP contribution in [0.3, 0.4) is 0 Å². The maximum absolute atomic E-state index is 6.11. The summed E-state index contributed by atoms with van der Waals surface area (Å²) < 4.78 is 7.16. The molecule has 1 aromatic carbocycles. The number of rotatable bonds is 2. The average Bonchev–Trinajstić information content (AvgIpc) is 2.84. The molecular formula is C14H17N3O. The third-order valence-electron chi connectivity index (χ3n) is 3.55. The molecule has 1 atom stereocenters. The molecule has 2 N–H and O–H groups in total. The van der Waals surface area contributed by atoms with Crippen LogP contribution in [0.1, 0.15) is 30.1 Å². The zero-order valence-corrected chi connectivity index (χ0v) is 10.5. The lowest BCUT2D eigenvalue weighted by Crippen LogP contribution is -2.17. The number of benzene rings is 1. The van der Waals surface area contributed by atoms with Gasteiger partial charge in [-0.3, -0.25) is 0 Å². The van der Waals surface area contributed by atoms with Crippen molar-refractivity contribution in [3.63, 3.8) is 0 Å². The van der Waals surface area contributed by atoms with Crippen LogP contribution in [-0.4, -0.2) is 16.9 Å². The lowest BCUT2D eigenvalue weighted by Gasteiger charge is -2.19. The van der Waals surface area contributed by atoms with Gasteiger partial charge in [-0.2, -0.15) is 5.10 Å². The highest BCUT2D eigenvalue weighted by molar-refractivity contribution is 5.40. The van der Waals surface area contributed by atoms with Gasteiger partial charge in [0.25, 0.3) is 0 Å². The summed E-state index contributed by atoms with van der Waals surface area (Å²) in [7, 11) is 1.67. The Labute approximate surface area is 106 Å². The highest BCUT2D eigenvalue weighted by Gasteiger charge is 2.21. The van der Waals surface area contributed by atoms with Crippen molar-refractivity contribution in [2.45, 2.75) is 25.3 Å². The van der Waals surface area contributed by atoms with Crippen LogP contribution in [0.15, 0.2) is 30.5 Å². The molecule has 1 heterocycles. The Bertz CT molecular complexity index is 545. The van der Waals surface area contributed by atoms with Gasteiger partial charge in [0.05, 0.1) is 19.0 Å². The molecule has 0 radical (unpaired) electrons. The molecule has 1 aliphatic rings. The molecule has 2 aromatic rings. The molecule has 0 spiro atoms. The molecule has 1 aromatic heterocycles. The number of hydrogen-bond acceptors (Lipinski definition) is 3. The summed E-state index contributed by atoms with van der Waals surface area (Å²) in [6.45, 7) is 0. The standard InChI is InChI=1S/C14H17N3O/c1-18-11-7-5-10(6-8-11)17-14-4-2-3-13(15)12(14)9-16-17/h5-9,13H,2-4,15H2,1H3. The van der Waals surface area contributed by atoms with Gasteiger partial charge in [0.15, 0.2) is 0 Å². The Morgan fingerprint density at radius 3 is 2.83 bits per heavy atom. The van der Waals surface area contributed by atoms with Crippen LogP contribution in [-0.2, 0) is 6.42 Å². The molecule has 94 valence electrons. The minimum atomic E-state index is 0.140. The molecule has 0 fully saturated rings. The van der Waals surface area contributed by atoms with Crippen molar-refractivity contribution in [2.75, 3.05) is 7.11 Å². The lowest BCUT2D eigenvalue weighted by molar-refractivity contribution is 0.414. The predicted octanol–water partition coefficient (Wildman–Crippen LogP) is 2.22. The highest BCUT2D eigenvalue weighted by atomic mass is 16.5. The van der Waals surface area contributed by atoms with Crippen LogP contribution in [0.5, 0.6) is 5.75 Å². The summed E-state index contributed by atoms with van der Waals surface area (Å²) in [5.41, 5.74) is 9.61. The summed E-state index contributed by atoms with van der Waals surface area (Å²) in [6, 6.07) is 8.08. The number of methoxy groups -OCH3 is 1. The van der Waals surface area contributed by atoms with Gasteiger partial charge in [-0.05, 0) is 43.5 Å². The first-order chi connectivity index (χ1) is 8.79. The number of fused-ring (bicyclic) bond motifs is 1. The average molecular weight is 243 g/mol. The summed E-state index contributed by atoms with van der Waals surface area (Å²) in [5, 5.41) is 4.47. The quantitative estimate of drug-likeness (QED) is 0.880. The van der Waals surface area contributed by atoms with Crippen LogP contribution < -0.4 is 10.5 Å². The van der Waals surface area contributed by atoms with Gasteiger partial charge in [0, 0.05) is 17.3 Å². The Morgan fingerprint density at radius 2 is 2.11 bits per heavy atom. The Balaban J connectivity index is 2.01. The molecule has 1 aliphatic carbocycles. The zero-order chi connectivity index (χ0) is 12.5. The third-order valence-corrected chi connectivity index (χ3v) is 3.55. The number of hydrogen-bond donors (Lipinski definition) is 1. The SMILES string of the molecule is COc1ccc(-n2ncc3c2CCCC3N)cc1. The van der Waals surface area contributed by atoms with Crippen LogP contribution in [0.2, 0.25) is 0 Å². The van der Waals surface area contributed by atoms with Gasteiger partial charge < -0.3 is 10.5 Å². The Hall–Kier alpha value is -1.81. The first-order valence-electron chi connectivity index (χ1n) is 6.26. The van der Waals surface area contributed by atoms with Crippen LogP contribution in [0, 0.1) is 0 Å². The third kappa shape index (κ3) is 1.78. The van der Waals surface area contributed by atoms with Gasteiger partial charge in [-0.25, -0.2) is 4.68 Å². The molecule has 0 aliphatic heterocycles. The van der Waals surface area contributed by atoms with Crippen molar-refractivity contribution in [3.8, 4) is 11.4 Å². The van der Waals surface area contributed by atoms with E-state index < -0.39 is 0 Å². The van der Waals surface area contributed by atoms with Crippen molar-refractivity contribution in [3.05, 3.63) is 41.7 Å². The van der Waals surface area contributed by atoms with E-state index in [-0.39, 0.29) is 6.04 Å². The van der Waals surface area contributed by atoms with E-state index in [0.717, 1.165) is 30.7 Å². The number of ether oxygens (including phenoxy) is 1. The van der Waals surface area contributed by atoms with E-state index in [9.17, 15) is 0 Å². The van der Waals surface area contributed by atoms with E-state index in [2.05, 4.69) is 5.10 Å². The maximum atomic E-state index is 6.11. The van der Waals surface area contributed by atoms with E-state index in [1.165, 1.54) is 11.3 Å². The highest BCUT2D eigenvalue weighted by Crippen LogP contribution is 2.29. The molecule has 4 nitrogen and oxygen atoms in total. The second-order valence-electron chi connectivity index (χ2n) is 4.66. The van der Waals surface area contributed by atoms with Gasteiger partial charge in [0.2, 0.25) is 0 Å². The molecule has 0 amide bonds. The minimum absolute atomic E-state index is 0.140. The van der Waals surface area contributed by atoms with Gasteiger partial charge in [-0.1, -0.05) is 0 Å². The molecule has 4 heteroatoms. The molecule has 0 saturated heterocycles. The fraction of sp³-hybridized carbons (Fsp3) is 0.357. The molecule has 0 saturated carbocycles. The monoisotopic (exact) mass is 243 g/mol. The predicted molar refractivity (Wildman–Crippen MR) is 70.0 cm³/mol. The van der Waals surface area contributed by atoms with Gasteiger partial charge in [0.1, 0.15) is 5.75 Å². The second kappa shape index (κ2) is 4.46. The number of nitrogens with zero attached hydrogens (tertiary/aromatic N) is 2. The van der Waals surface area contributed by atoms with E-state index in [4.69, 9.17) is 10.5 Å². The van der Waals surface area contributed by atoms with Crippen molar-refractivity contribution in [2.24, 2.45) is 5.73 Å². The van der Waals surface area contributed by atoms with E-state index in [1.807, 2.05) is 35.1 Å². The lowest BCUT2D eigenvalue weighted by atomic mass is 9.94. The van der Waals surface area contributed by atoms with Crippen LogP contribution in [0.25, 0.3) is 5.69 Å². The molecule has 1 unspecified atom stereocenters.